The molecule has 0 bridgehead atoms. The zero-order valence-electron chi connectivity index (χ0n) is 23.6. The van der Waals surface area contributed by atoms with Crippen molar-refractivity contribution in [2.45, 2.75) is 31.0 Å². The van der Waals surface area contributed by atoms with E-state index in [0.717, 1.165) is 32.6 Å². The Kier molecular flexibility index (Phi) is 7.57. The number of para-hydroxylation sites is 2. The van der Waals surface area contributed by atoms with Gasteiger partial charge in [0.05, 0.1) is 18.4 Å². The van der Waals surface area contributed by atoms with E-state index in [-0.39, 0.29) is 17.7 Å². The Morgan fingerprint density at radius 1 is 1.07 bits per heavy atom. The Balaban J connectivity index is 1.41. The highest BCUT2D eigenvalue weighted by atomic mass is 32.2. The third-order valence-electron chi connectivity index (χ3n) is 8.08. The van der Waals surface area contributed by atoms with E-state index in [2.05, 4.69) is 10.3 Å². The molecule has 3 atom stereocenters. The molecule has 3 heterocycles. The van der Waals surface area contributed by atoms with E-state index in [1.807, 2.05) is 54.8 Å². The van der Waals surface area contributed by atoms with Crippen molar-refractivity contribution < 1.29 is 29.0 Å². The van der Waals surface area contributed by atoms with Crippen LogP contribution in [0.15, 0.2) is 72.8 Å². The van der Waals surface area contributed by atoms with Crippen LogP contribution < -0.4 is 15.0 Å². The molecule has 1 saturated heterocycles. The van der Waals surface area contributed by atoms with E-state index in [4.69, 9.17) is 4.74 Å². The molecule has 0 aliphatic carbocycles. The Morgan fingerprint density at radius 3 is 2.51 bits per heavy atom. The molecule has 0 saturated carbocycles. The first-order valence-corrected chi connectivity index (χ1v) is 15.2. The third-order valence-corrected chi connectivity index (χ3v) is 8.73. The van der Waals surface area contributed by atoms with Gasteiger partial charge in [-0.05, 0) is 59.9 Å². The summed E-state index contributed by atoms with van der Waals surface area (Å²) in [6.45, 7) is 0. The van der Waals surface area contributed by atoms with Gasteiger partial charge in [0, 0.05) is 23.0 Å². The second kappa shape index (κ2) is 11.5. The number of ether oxygens (including phenoxy) is 1. The van der Waals surface area contributed by atoms with Crippen molar-refractivity contribution >= 4 is 52.2 Å². The van der Waals surface area contributed by atoms with E-state index >= 15 is 0 Å². The number of thioether (sulfide) groups is 1. The van der Waals surface area contributed by atoms with Gasteiger partial charge in [-0.3, -0.25) is 14.5 Å². The molecule has 220 valence electrons. The summed E-state index contributed by atoms with van der Waals surface area (Å²) in [7, 11) is 1.58. The molecule has 2 aliphatic rings. The van der Waals surface area contributed by atoms with Crippen LogP contribution >= 0.6 is 11.8 Å². The number of nitrogens with zero attached hydrogens (tertiary/aromatic N) is 2. The number of methoxy groups -OCH3 is 1. The predicted octanol–water partition coefficient (Wildman–Crippen LogP) is 4.60. The Labute approximate surface area is 252 Å². The van der Waals surface area contributed by atoms with Crippen LogP contribution in [0, 0.1) is 0 Å². The summed E-state index contributed by atoms with van der Waals surface area (Å²) in [5, 5.41) is 13.2. The van der Waals surface area contributed by atoms with Crippen molar-refractivity contribution in [2.24, 2.45) is 0 Å². The van der Waals surface area contributed by atoms with Crippen LogP contribution in [-0.4, -0.2) is 70.0 Å². The van der Waals surface area contributed by atoms with Gasteiger partial charge in [-0.25, -0.2) is 14.5 Å². The van der Waals surface area contributed by atoms with Gasteiger partial charge in [-0.2, -0.15) is 11.8 Å². The zero-order valence-corrected chi connectivity index (χ0v) is 24.4. The molecule has 4 amide bonds. The number of nitrogens with one attached hydrogen (secondary N) is 2. The average Bonchev–Trinajstić information content (AvgIpc) is 3.51. The van der Waals surface area contributed by atoms with Crippen molar-refractivity contribution in [3.8, 4) is 5.75 Å². The minimum absolute atomic E-state index is 0.0458. The maximum atomic E-state index is 14.3. The van der Waals surface area contributed by atoms with Gasteiger partial charge in [0.25, 0.3) is 11.8 Å². The fourth-order valence-corrected chi connectivity index (χ4v) is 6.49. The van der Waals surface area contributed by atoms with E-state index in [0.29, 0.717) is 17.9 Å². The quantitative estimate of drug-likeness (QED) is 0.240. The lowest BCUT2D eigenvalue weighted by atomic mass is 9.89. The van der Waals surface area contributed by atoms with Crippen LogP contribution in [0.5, 0.6) is 5.75 Å². The summed E-state index contributed by atoms with van der Waals surface area (Å²) in [5.41, 5.74) is 3.66. The van der Waals surface area contributed by atoms with Gasteiger partial charge in [0.15, 0.2) is 0 Å². The Morgan fingerprint density at radius 2 is 1.79 bits per heavy atom. The summed E-state index contributed by atoms with van der Waals surface area (Å²) in [6.07, 6.45) is 2.39. The van der Waals surface area contributed by atoms with Crippen molar-refractivity contribution in [3.63, 3.8) is 0 Å². The van der Waals surface area contributed by atoms with Crippen LogP contribution in [0.2, 0.25) is 0 Å². The number of anilines is 1. The van der Waals surface area contributed by atoms with Crippen LogP contribution in [0.4, 0.5) is 10.5 Å². The predicted molar refractivity (Wildman–Crippen MR) is 164 cm³/mol. The van der Waals surface area contributed by atoms with Crippen LogP contribution in [0.1, 0.15) is 39.6 Å². The van der Waals surface area contributed by atoms with Crippen LogP contribution in [0.3, 0.4) is 0 Å². The average molecular weight is 599 g/mol. The van der Waals surface area contributed by atoms with Gasteiger partial charge in [0.2, 0.25) is 0 Å². The van der Waals surface area contributed by atoms with Crippen molar-refractivity contribution in [2.75, 3.05) is 24.0 Å². The molecule has 1 aromatic heterocycles. The normalized spacial score (nSPS) is 18.4. The number of benzene rings is 3. The molecule has 11 heteroatoms. The van der Waals surface area contributed by atoms with Crippen molar-refractivity contribution in [1.82, 2.24) is 15.2 Å². The van der Waals surface area contributed by atoms with Gasteiger partial charge in [0.1, 0.15) is 23.9 Å². The number of carbonyl (C=O) groups excluding carboxylic acids is 3. The smallest absolute Gasteiger partial charge is 0.332 e. The molecule has 4 aromatic rings. The van der Waals surface area contributed by atoms with Gasteiger partial charge >= 0.3 is 12.0 Å². The molecule has 3 N–H and O–H groups in total. The summed E-state index contributed by atoms with van der Waals surface area (Å²) in [4.78, 5) is 59.8. The molecule has 1 unspecified atom stereocenters. The number of H-pyrrole nitrogens is 1. The molecule has 10 nitrogen and oxygen atoms in total. The Bertz CT molecular complexity index is 1740. The summed E-state index contributed by atoms with van der Waals surface area (Å²) in [6, 6.07) is 18.5. The zero-order chi connectivity index (χ0) is 30.2. The minimum Gasteiger partial charge on any atom is -0.497 e. The summed E-state index contributed by atoms with van der Waals surface area (Å²) < 4.78 is 5.35. The number of amides is 4. The van der Waals surface area contributed by atoms with E-state index in [1.165, 1.54) is 23.9 Å². The number of imide groups is 1. The molecular weight excluding hydrogens is 568 g/mol. The number of carboxylic acid groups (broad SMARTS) is 1. The molecule has 3 aromatic carbocycles. The number of fused-ring (bicyclic) bond motifs is 4. The lowest BCUT2D eigenvalue weighted by Gasteiger charge is -2.36. The number of carboxylic acids is 1. The number of hydrogen-bond acceptors (Lipinski definition) is 6. The summed E-state index contributed by atoms with van der Waals surface area (Å²) >= 11 is 1.47. The van der Waals surface area contributed by atoms with Gasteiger partial charge in [-0.15, -0.1) is 0 Å². The lowest BCUT2D eigenvalue weighted by molar-refractivity contribution is -0.139. The van der Waals surface area contributed by atoms with E-state index < -0.39 is 41.9 Å². The number of hydrogen-bond donors (Lipinski definition) is 3. The minimum atomic E-state index is -1.15. The van der Waals surface area contributed by atoms with E-state index in [1.54, 1.807) is 24.1 Å². The van der Waals surface area contributed by atoms with Gasteiger partial charge < -0.3 is 20.1 Å². The van der Waals surface area contributed by atoms with Crippen molar-refractivity contribution in [3.05, 3.63) is 95.2 Å². The molecular formula is C32H30N4O6S. The third kappa shape index (κ3) is 4.89. The first-order valence-electron chi connectivity index (χ1n) is 13.8. The molecule has 43 heavy (non-hydrogen) atoms. The molecule has 1 fully saturated rings. The highest BCUT2D eigenvalue weighted by molar-refractivity contribution is 7.98. The number of urea groups is 1. The number of aliphatic carboxylic acids is 1. The molecule has 6 rings (SSSR count). The highest BCUT2D eigenvalue weighted by Gasteiger charge is 2.53. The van der Waals surface area contributed by atoms with Crippen LogP contribution in [0.25, 0.3) is 10.9 Å². The molecule has 2 aliphatic heterocycles. The second-order valence-electron chi connectivity index (χ2n) is 10.5. The number of rotatable bonds is 9. The molecule has 0 radical (unpaired) electrons. The summed E-state index contributed by atoms with van der Waals surface area (Å²) in [5.74, 6) is -1.06. The fourth-order valence-electron chi connectivity index (χ4n) is 6.02. The number of carbonyl (C=O) groups is 4. The monoisotopic (exact) mass is 598 g/mol. The van der Waals surface area contributed by atoms with Crippen molar-refractivity contribution in [1.29, 1.82) is 0 Å². The standard InChI is InChI=1S/C32H30N4O6S/c1-42-19-13-11-18(12-14-19)28-27-22(20-7-3-5-9-23(20)33-27)17-26-30(38)36(32(41)35(26)28)25-10-6-4-8-21(25)29(37)34-24(31(39)40)15-16-43-2/h3-14,24,26,28,33H,15-17H2,1-2H3,(H,34,37)(H,39,40)/t24-,26-,28?/m0/s1. The molecule has 0 spiro atoms. The fraction of sp³-hybridized carbons (Fsp3) is 0.250. The number of aromatic nitrogens is 1. The van der Waals surface area contributed by atoms with Crippen LogP contribution in [-0.2, 0) is 16.0 Å². The SMILES string of the molecule is COc1ccc(C2c3[nH]c4ccccc4c3C[C@H]3C(=O)N(c4ccccc4C(=O)N[C@@H](CCSC)C(=O)O)C(=O)N23)cc1. The lowest BCUT2D eigenvalue weighted by Crippen LogP contribution is -2.44. The topological polar surface area (TPSA) is 132 Å². The first kappa shape index (κ1) is 28.4. The highest BCUT2D eigenvalue weighted by Crippen LogP contribution is 2.45. The maximum Gasteiger partial charge on any atom is 0.332 e. The maximum absolute atomic E-state index is 14.3. The number of aromatic amines is 1. The Hall–Kier alpha value is -4.77. The second-order valence-corrected chi connectivity index (χ2v) is 11.5. The first-order chi connectivity index (χ1) is 20.8. The van der Waals surface area contributed by atoms with Gasteiger partial charge in [-0.1, -0.05) is 42.5 Å². The largest absolute Gasteiger partial charge is 0.497 e. The van der Waals surface area contributed by atoms with E-state index in [9.17, 15) is 24.3 Å².